The van der Waals surface area contributed by atoms with Crippen molar-refractivity contribution >= 4 is 0 Å². The molecule has 4 heteroatoms. The molecule has 0 spiro atoms. The van der Waals surface area contributed by atoms with Gasteiger partial charge in [0.05, 0.1) is 12.4 Å². The zero-order valence-corrected chi connectivity index (χ0v) is 20.0. The summed E-state index contributed by atoms with van der Waals surface area (Å²) in [6, 6.07) is 3.33. The first-order chi connectivity index (χ1) is 15.5. The second kappa shape index (κ2) is 12.7. The molecule has 0 aliphatic heterocycles. The molecule has 2 aliphatic carbocycles. The van der Waals surface area contributed by atoms with E-state index in [-0.39, 0.29) is 17.5 Å². The van der Waals surface area contributed by atoms with Crippen LogP contribution in [0.15, 0.2) is 24.0 Å². The van der Waals surface area contributed by atoms with Crippen molar-refractivity contribution in [2.45, 2.75) is 103 Å². The van der Waals surface area contributed by atoms with Crippen molar-refractivity contribution in [1.29, 1.82) is 0 Å². The summed E-state index contributed by atoms with van der Waals surface area (Å²) in [6.45, 7) is 4.35. The van der Waals surface area contributed by atoms with Gasteiger partial charge >= 0.3 is 0 Å². The highest BCUT2D eigenvalue weighted by Crippen LogP contribution is 2.45. The Labute approximate surface area is 192 Å². The molecule has 0 amide bonds. The minimum atomic E-state index is -0.833. The lowest BCUT2D eigenvalue weighted by Crippen LogP contribution is -2.25. The number of allylic oxidation sites excluding steroid dienone is 2. The zero-order chi connectivity index (χ0) is 22.9. The Kier molecular flexibility index (Phi) is 9.99. The molecule has 180 valence electrons. The maximum Gasteiger partial charge on any atom is 0.200 e. The first-order valence-corrected chi connectivity index (χ1v) is 13.0. The number of rotatable bonds is 10. The Morgan fingerprint density at radius 3 is 2.19 bits per heavy atom. The second-order valence-corrected chi connectivity index (χ2v) is 10.0. The molecular weight excluding hydrogens is 409 g/mol. The molecule has 0 N–H and O–H groups in total. The summed E-state index contributed by atoms with van der Waals surface area (Å²) in [5, 5.41) is 0. The van der Waals surface area contributed by atoms with Crippen LogP contribution in [0.1, 0.15) is 109 Å². The lowest BCUT2D eigenvalue weighted by atomic mass is 9.68. The molecule has 0 saturated heterocycles. The Morgan fingerprint density at radius 2 is 1.56 bits per heavy atom. The second-order valence-electron chi connectivity index (χ2n) is 10.0. The van der Waals surface area contributed by atoms with E-state index in [4.69, 9.17) is 4.74 Å². The minimum Gasteiger partial charge on any atom is -0.490 e. The van der Waals surface area contributed by atoms with Gasteiger partial charge in [0.25, 0.3) is 0 Å². The molecule has 2 aliphatic rings. The van der Waals surface area contributed by atoms with Gasteiger partial charge in [0, 0.05) is 0 Å². The van der Waals surface area contributed by atoms with Crippen LogP contribution in [-0.2, 0) is 0 Å². The topological polar surface area (TPSA) is 9.23 Å². The van der Waals surface area contributed by atoms with Crippen LogP contribution in [0.25, 0.3) is 0 Å². The van der Waals surface area contributed by atoms with Crippen LogP contribution >= 0.6 is 0 Å². The Hall–Kier alpha value is -1.45. The van der Waals surface area contributed by atoms with E-state index in [9.17, 15) is 13.2 Å². The Balaban J connectivity index is 1.44. The van der Waals surface area contributed by atoms with Gasteiger partial charge in [-0.3, -0.25) is 0 Å². The quantitative estimate of drug-likeness (QED) is 0.345. The van der Waals surface area contributed by atoms with Crippen LogP contribution in [0.2, 0.25) is 0 Å². The third-order valence-corrected chi connectivity index (χ3v) is 7.74. The first kappa shape index (κ1) is 25.2. The standard InChI is InChI=1S/C28H41F3O/c1-3-6-24(29)8-5-7-20-9-11-21(12-10-20)22-13-15-23(16-14-22)25-17-18-26(32-19-4-2)28(31)27(25)30/h8,17-18,20-23H,3-7,9-16,19H2,1-2H3/b24-8+. The van der Waals surface area contributed by atoms with Crippen LogP contribution in [0.3, 0.4) is 0 Å². The molecule has 1 aromatic carbocycles. The third-order valence-electron chi connectivity index (χ3n) is 7.74. The van der Waals surface area contributed by atoms with Crippen molar-refractivity contribution < 1.29 is 17.9 Å². The SMILES string of the molecule is CCCOc1ccc(C2CCC(C3CCC(CC/C=C(/F)CCC)CC3)CC2)c(F)c1F. The highest BCUT2D eigenvalue weighted by molar-refractivity contribution is 5.33. The molecule has 0 atom stereocenters. The fourth-order valence-corrected chi connectivity index (χ4v) is 5.85. The van der Waals surface area contributed by atoms with Gasteiger partial charge in [-0.1, -0.05) is 38.8 Å². The molecule has 0 aromatic heterocycles. The molecule has 1 aromatic rings. The predicted molar refractivity (Wildman–Crippen MR) is 126 cm³/mol. The van der Waals surface area contributed by atoms with Gasteiger partial charge in [-0.25, -0.2) is 8.78 Å². The van der Waals surface area contributed by atoms with Crippen LogP contribution in [-0.4, -0.2) is 6.61 Å². The normalized spacial score (nSPS) is 26.8. The van der Waals surface area contributed by atoms with E-state index in [0.29, 0.717) is 24.5 Å². The van der Waals surface area contributed by atoms with Gasteiger partial charge in [-0.05, 0) is 106 Å². The van der Waals surface area contributed by atoms with Gasteiger partial charge < -0.3 is 4.74 Å². The summed E-state index contributed by atoms with van der Waals surface area (Å²) >= 11 is 0. The molecule has 2 saturated carbocycles. The zero-order valence-electron chi connectivity index (χ0n) is 20.0. The largest absolute Gasteiger partial charge is 0.490 e. The van der Waals surface area contributed by atoms with E-state index in [2.05, 4.69) is 0 Å². The molecule has 2 fully saturated rings. The number of halogens is 3. The molecule has 1 nitrogen and oxygen atoms in total. The van der Waals surface area contributed by atoms with Crippen molar-refractivity contribution in [3.63, 3.8) is 0 Å². The first-order valence-electron chi connectivity index (χ1n) is 13.0. The van der Waals surface area contributed by atoms with E-state index in [1.165, 1.54) is 25.7 Å². The summed E-state index contributed by atoms with van der Waals surface area (Å²) in [7, 11) is 0. The highest BCUT2D eigenvalue weighted by atomic mass is 19.2. The van der Waals surface area contributed by atoms with E-state index >= 15 is 0 Å². The lowest BCUT2D eigenvalue weighted by Gasteiger charge is -2.38. The van der Waals surface area contributed by atoms with Gasteiger partial charge in [0.2, 0.25) is 5.82 Å². The van der Waals surface area contributed by atoms with E-state index in [1.807, 2.05) is 13.8 Å². The third kappa shape index (κ3) is 6.78. The van der Waals surface area contributed by atoms with E-state index in [1.54, 1.807) is 18.2 Å². The van der Waals surface area contributed by atoms with Gasteiger partial charge in [-0.2, -0.15) is 4.39 Å². The molecule has 0 radical (unpaired) electrons. The number of hydrogen-bond donors (Lipinski definition) is 0. The molecule has 3 rings (SSSR count). The monoisotopic (exact) mass is 450 g/mol. The van der Waals surface area contributed by atoms with Gasteiger partial charge in [0.15, 0.2) is 11.6 Å². The van der Waals surface area contributed by atoms with Crippen LogP contribution in [0.5, 0.6) is 5.75 Å². The Bertz CT molecular complexity index is 728. The summed E-state index contributed by atoms with van der Waals surface area (Å²) < 4.78 is 47.9. The van der Waals surface area contributed by atoms with E-state index in [0.717, 1.165) is 63.2 Å². The number of benzene rings is 1. The molecule has 0 bridgehead atoms. The molecule has 0 unspecified atom stereocenters. The Morgan fingerprint density at radius 1 is 0.906 bits per heavy atom. The predicted octanol–water partition coefficient (Wildman–Crippen LogP) is 9.27. The minimum absolute atomic E-state index is 0.0298. The van der Waals surface area contributed by atoms with Crippen LogP contribution < -0.4 is 4.74 Å². The van der Waals surface area contributed by atoms with Crippen molar-refractivity contribution in [1.82, 2.24) is 0 Å². The lowest BCUT2D eigenvalue weighted by molar-refractivity contribution is 0.156. The number of ether oxygens (including phenoxy) is 1. The average molecular weight is 451 g/mol. The molecule has 32 heavy (non-hydrogen) atoms. The van der Waals surface area contributed by atoms with Crippen molar-refractivity contribution in [2.75, 3.05) is 6.61 Å². The summed E-state index contributed by atoms with van der Waals surface area (Å²) in [4.78, 5) is 0. The average Bonchev–Trinajstić information content (AvgIpc) is 2.81. The maximum absolute atomic E-state index is 14.7. The van der Waals surface area contributed by atoms with Crippen molar-refractivity contribution in [3.8, 4) is 5.75 Å². The summed E-state index contributed by atoms with van der Waals surface area (Å²) in [6.07, 6.45) is 15.1. The van der Waals surface area contributed by atoms with Gasteiger partial charge in [-0.15, -0.1) is 0 Å². The highest BCUT2D eigenvalue weighted by Gasteiger charge is 2.32. The molecular formula is C28H41F3O. The fraction of sp³-hybridized carbons (Fsp3) is 0.714. The summed E-state index contributed by atoms with van der Waals surface area (Å²) in [5.74, 6) is 0.869. The van der Waals surface area contributed by atoms with Crippen molar-refractivity contribution in [2.24, 2.45) is 17.8 Å². The smallest absolute Gasteiger partial charge is 0.200 e. The van der Waals surface area contributed by atoms with E-state index < -0.39 is 11.6 Å². The van der Waals surface area contributed by atoms with Crippen LogP contribution in [0.4, 0.5) is 13.2 Å². The maximum atomic E-state index is 14.7. The van der Waals surface area contributed by atoms with Crippen LogP contribution in [0, 0.1) is 29.4 Å². The van der Waals surface area contributed by atoms with Gasteiger partial charge in [0.1, 0.15) is 0 Å². The number of hydrogen-bond acceptors (Lipinski definition) is 1. The van der Waals surface area contributed by atoms with Crippen molar-refractivity contribution in [3.05, 3.63) is 41.2 Å². The fourth-order valence-electron chi connectivity index (χ4n) is 5.85. The summed E-state index contributed by atoms with van der Waals surface area (Å²) in [5.41, 5.74) is 0.525. The molecule has 0 heterocycles.